The number of nitrogens with one attached hydrogen (secondary N) is 1. The monoisotopic (exact) mass is 1670 g/mol. The zero-order valence-electron chi connectivity index (χ0n) is 76.5. The highest BCUT2D eigenvalue weighted by Gasteiger charge is 2.60. The molecule has 33 heteroatoms. The number of unbranched alkanes of at least 4 members (excludes halogenated alkanes) is 3. The van der Waals surface area contributed by atoms with Gasteiger partial charge in [-0.05, 0) is 256 Å². The molecule has 4 amide bonds. The van der Waals surface area contributed by atoms with Crippen molar-refractivity contribution in [3.63, 3.8) is 0 Å². The summed E-state index contributed by atoms with van der Waals surface area (Å²) in [7, 11) is -2.12. The fourth-order valence-electron chi connectivity index (χ4n) is 15.0. The number of ether oxygens (including phenoxy) is 7. The Bertz CT molecular complexity index is 3400. The second kappa shape index (κ2) is 42.5. The van der Waals surface area contributed by atoms with Gasteiger partial charge in [0.1, 0.15) is 51.3 Å². The van der Waals surface area contributed by atoms with Crippen LogP contribution in [0.25, 0.3) is 0 Å². The number of nitrogens with zero attached hydrogens (tertiary/aromatic N) is 4. The first kappa shape index (κ1) is 104. The zero-order chi connectivity index (χ0) is 89.9. The van der Waals surface area contributed by atoms with E-state index < -0.39 is 154 Å². The van der Waals surface area contributed by atoms with Gasteiger partial charge in [0, 0.05) is 71.0 Å². The number of carboxylic acids is 2. The predicted molar refractivity (Wildman–Crippen MR) is 451 cm³/mol. The number of rotatable bonds is 33. The molecule has 0 radical (unpaired) electrons. The Morgan fingerprint density at radius 1 is 0.508 bits per heavy atom. The molecular weight excluding hydrogens is 1520 g/mol. The molecular formula is C85H149B3N6O24. The fourth-order valence-corrected chi connectivity index (χ4v) is 15.0. The van der Waals surface area contributed by atoms with Crippen molar-refractivity contribution < 1.29 is 115 Å². The topological polar surface area (TPSA) is 387 Å². The third kappa shape index (κ3) is 33.1. The summed E-state index contributed by atoms with van der Waals surface area (Å²) in [5, 5.41) is 41.0. The van der Waals surface area contributed by atoms with E-state index in [1.807, 2.05) is 85.7 Å². The van der Waals surface area contributed by atoms with Crippen LogP contribution >= 0.6 is 0 Å². The lowest BCUT2D eigenvalue weighted by atomic mass is 9.78. The van der Waals surface area contributed by atoms with E-state index in [-0.39, 0.29) is 96.2 Å². The molecule has 0 unspecified atom stereocenters. The third-order valence-electron chi connectivity index (χ3n) is 21.9. The normalized spacial score (nSPS) is 22.7. The van der Waals surface area contributed by atoms with E-state index in [2.05, 4.69) is 5.32 Å². The van der Waals surface area contributed by atoms with Gasteiger partial charge in [-0.25, -0.2) is 28.8 Å². The summed E-state index contributed by atoms with van der Waals surface area (Å²) in [6.45, 7) is 49.2. The van der Waals surface area contributed by atoms with E-state index in [0.29, 0.717) is 83.3 Å². The van der Waals surface area contributed by atoms with Crippen LogP contribution in [0.15, 0.2) is 30.3 Å². The number of benzene rings is 1. The maximum absolute atomic E-state index is 14.5. The molecule has 30 nitrogen and oxygen atoms in total. The second-order valence-corrected chi connectivity index (χ2v) is 40.4. The number of nitrogens with two attached hydrogens (primary N) is 1. The molecule has 1 aromatic carbocycles. The first-order chi connectivity index (χ1) is 53.9. The second-order valence-electron chi connectivity index (χ2n) is 40.4. The molecule has 6 rings (SSSR count). The SMILES string of the molecule is CC(C)(C)OC(=O)CCCN(C(=O)OC(C)(C)C)[C@H]1CN(C(=O)OC(C)(C)C)[C@](CCCCB2OC(C)(C)C(C)(C)O2)(C(=O)O)C1.CC(C)(C)OC(=O)CCCN(C(=O)OC(C)(C)C)[C@H]1CN(C(=O)OC(C)(C)C)[C@](CCCCB2OC(C)(C)C(C)(C)O2)(C(=O)OCc2ccccc2)C1.NCCN[C@H]1CC[C@](CCCCB(O)O)(C(=O)O)C1. The van der Waals surface area contributed by atoms with Crippen molar-refractivity contribution in [1.29, 1.82) is 0 Å². The molecule has 1 saturated carbocycles. The van der Waals surface area contributed by atoms with Gasteiger partial charge in [-0.3, -0.25) is 24.2 Å². The Balaban J connectivity index is 0.000000409. The van der Waals surface area contributed by atoms with Gasteiger partial charge < -0.3 is 92.9 Å². The molecule has 4 aliphatic heterocycles. The van der Waals surface area contributed by atoms with Crippen LogP contribution in [0.1, 0.15) is 301 Å². The number of carbonyl (C=O) groups excluding carboxylic acids is 7. The summed E-state index contributed by atoms with van der Waals surface area (Å²) >= 11 is 0. The van der Waals surface area contributed by atoms with Crippen molar-refractivity contribution in [2.75, 3.05) is 39.3 Å². The number of amides is 4. The Hall–Kier alpha value is -6.48. The van der Waals surface area contributed by atoms with E-state index in [9.17, 15) is 53.4 Å². The fraction of sp³-hybridized carbons (Fsp3) is 0.824. The molecule has 1 aromatic rings. The maximum atomic E-state index is 14.5. The van der Waals surface area contributed by atoms with Crippen LogP contribution in [-0.4, -0.2) is 240 Å². The quantitative estimate of drug-likeness (QED) is 0.0165. The van der Waals surface area contributed by atoms with E-state index in [1.54, 1.807) is 125 Å². The van der Waals surface area contributed by atoms with Crippen molar-refractivity contribution in [3.8, 4) is 0 Å². The Labute approximate surface area is 705 Å². The van der Waals surface area contributed by atoms with Crippen molar-refractivity contribution in [2.45, 2.75) is 406 Å². The Morgan fingerprint density at radius 3 is 1.26 bits per heavy atom. The summed E-state index contributed by atoms with van der Waals surface area (Å²) in [6.07, 6.45) is 6.31. The van der Waals surface area contributed by atoms with Gasteiger partial charge in [0.2, 0.25) is 0 Å². The van der Waals surface area contributed by atoms with Crippen molar-refractivity contribution in [3.05, 3.63) is 35.9 Å². The van der Waals surface area contributed by atoms with Gasteiger partial charge in [-0.2, -0.15) is 0 Å². The molecule has 7 N–H and O–H groups in total. The first-order valence-electron chi connectivity index (χ1n) is 42.5. The molecule has 4 saturated heterocycles. The largest absolute Gasteiger partial charge is 0.481 e. The van der Waals surface area contributed by atoms with E-state index in [0.717, 1.165) is 18.5 Å². The van der Waals surface area contributed by atoms with Crippen LogP contribution in [0.4, 0.5) is 19.2 Å². The maximum Gasteiger partial charge on any atom is 0.457 e. The minimum Gasteiger partial charge on any atom is -0.481 e. The van der Waals surface area contributed by atoms with Gasteiger partial charge in [-0.15, -0.1) is 0 Å². The molecule has 0 bridgehead atoms. The predicted octanol–water partition coefficient (Wildman–Crippen LogP) is 14.3. The number of carbonyl (C=O) groups is 9. The summed E-state index contributed by atoms with van der Waals surface area (Å²) < 4.78 is 64.7. The highest BCUT2D eigenvalue weighted by Crippen LogP contribution is 2.46. The summed E-state index contributed by atoms with van der Waals surface area (Å²) in [5.74, 6) is -3.27. The summed E-state index contributed by atoms with van der Waals surface area (Å²) in [4.78, 5) is 125. The minimum atomic E-state index is -1.63. The highest BCUT2D eigenvalue weighted by atomic mass is 16.7. The van der Waals surface area contributed by atoms with Crippen molar-refractivity contribution >= 4 is 75.6 Å². The number of likely N-dealkylation sites (tertiary alicyclic amines) is 2. The molecule has 6 atom stereocenters. The van der Waals surface area contributed by atoms with Crippen LogP contribution in [0.5, 0.6) is 0 Å². The number of aliphatic carboxylic acids is 2. The van der Waals surface area contributed by atoms with Gasteiger partial charge in [0.25, 0.3) is 0 Å². The van der Waals surface area contributed by atoms with Crippen molar-refractivity contribution in [1.82, 2.24) is 24.9 Å². The molecule has 672 valence electrons. The standard InChI is InChI=1S/C40H65BN2O10.C33H59BN2O10.C12H25BN2O4/c1-35(2,3)49-31(44)22-19-25-42(33(46)50-36(4,5)6)30-26-40(43(27-30)34(47)51-37(7,8)9,32(45)48-28-29-20-15-14-16-21-29)23-17-18-24-41-52-38(10,11)39(12,13)53-41;1-28(2,3)42-24(37)17-16-20-35(26(40)43-29(4,5)6)23-21-33(25(38)39,36(22-23)27(41)44-30(7,8)9)18-14-15-19-34-45-31(10,11)32(12,13)46-34;14-7-8-15-10-3-5-12(9-10,11(16)17)4-1-2-6-13(18)19/h14-16,20-21,30H,17-19,22-28H2,1-13H3;23H,14-22H2,1-13H3,(H,38,39);10,15,18-19H,1-9,14H2,(H,16,17)/t30-,40+;23-,33+;10-,12-/m110/s1. The van der Waals surface area contributed by atoms with E-state index >= 15 is 0 Å². The lowest BCUT2D eigenvalue weighted by molar-refractivity contribution is -0.158. The van der Waals surface area contributed by atoms with Crippen LogP contribution < -0.4 is 11.1 Å². The molecule has 118 heavy (non-hydrogen) atoms. The van der Waals surface area contributed by atoms with Crippen LogP contribution in [0.2, 0.25) is 19.0 Å². The Kier molecular flexibility index (Phi) is 37.5. The third-order valence-corrected chi connectivity index (χ3v) is 21.9. The van der Waals surface area contributed by atoms with Crippen LogP contribution in [-0.2, 0) is 82.4 Å². The molecule has 4 heterocycles. The van der Waals surface area contributed by atoms with E-state index in [4.69, 9.17) is 67.6 Å². The lowest BCUT2D eigenvalue weighted by Gasteiger charge is -2.37. The summed E-state index contributed by atoms with van der Waals surface area (Å²) in [6, 6.07) is 8.23. The van der Waals surface area contributed by atoms with E-state index in [1.165, 1.54) is 19.6 Å². The molecule has 5 aliphatic rings. The average Bonchev–Trinajstić information content (AvgIpc) is 1.60. The summed E-state index contributed by atoms with van der Waals surface area (Å²) in [5.41, 5.74) is -4.05. The molecule has 5 fully saturated rings. The minimum absolute atomic E-state index is 0.00173. The smallest absolute Gasteiger partial charge is 0.457 e. The van der Waals surface area contributed by atoms with Gasteiger partial charge in [-0.1, -0.05) is 68.9 Å². The first-order valence-corrected chi connectivity index (χ1v) is 42.5. The number of esters is 3. The van der Waals surface area contributed by atoms with Gasteiger partial charge >= 0.3 is 75.6 Å². The number of hydrogen-bond acceptors (Lipinski definition) is 24. The van der Waals surface area contributed by atoms with Crippen LogP contribution in [0.3, 0.4) is 0 Å². The molecule has 0 aromatic heterocycles. The number of carboxylic acid groups (broad SMARTS) is 2. The molecule has 0 spiro atoms. The van der Waals surface area contributed by atoms with Gasteiger partial charge in [0.15, 0.2) is 0 Å². The van der Waals surface area contributed by atoms with Gasteiger partial charge in [0.05, 0.1) is 39.9 Å². The average molecular weight is 1670 g/mol. The highest BCUT2D eigenvalue weighted by molar-refractivity contribution is 6.45. The molecule has 1 aliphatic carbocycles. The zero-order valence-corrected chi connectivity index (χ0v) is 76.5. The Morgan fingerprint density at radius 2 is 0.890 bits per heavy atom. The van der Waals surface area contributed by atoms with Crippen LogP contribution in [0, 0.1) is 5.41 Å². The van der Waals surface area contributed by atoms with Crippen molar-refractivity contribution in [2.24, 2.45) is 11.1 Å². The number of hydrogen-bond donors (Lipinski definition) is 6. The lowest BCUT2D eigenvalue weighted by Crippen LogP contribution is -2.55.